The molecule has 2 aromatic carbocycles. The van der Waals surface area contributed by atoms with Crippen molar-refractivity contribution in [1.82, 2.24) is 14.3 Å². The zero-order valence-electron chi connectivity index (χ0n) is 16.7. The molecular formula is C23H18FN3O4. The summed E-state index contributed by atoms with van der Waals surface area (Å²) in [5, 5.41) is 13.9. The van der Waals surface area contributed by atoms with Crippen molar-refractivity contribution >= 4 is 5.97 Å². The molecular weight excluding hydrogens is 401 g/mol. The first-order valence-corrected chi connectivity index (χ1v) is 9.31. The largest absolute Gasteiger partial charge is 0.497 e. The van der Waals surface area contributed by atoms with Crippen molar-refractivity contribution in [3.8, 4) is 33.7 Å². The van der Waals surface area contributed by atoms with Crippen LogP contribution in [-0.2, 0) is 7.05 Å². The Kier molecular flexibility index (Phi) is 5.12. The Bertz CT molecular complexity index is 1340. The van der Waals surface area contributed by atoms with E-state index in [1.807, 2.05) is 0 Å². The molecule has 156 valence electrons. The van der Waals surface area contributed by atoms with E-state index in [0.717, 1.165) is 0 Å². The first-order chi connectivity index (χ1) is 14.9. The molecule has 0 aliphatic rings. The van der Waals surface area contributed by atoms with Gasteiger partial charge in [0.2, 0.25) is 0 Å². The van der Waals surface area contributed by atoms with E-state index in [9.17, 15) is 19.1 Å². The predicted octanol–water partition coefficient (Wildman–Crippen LogP) is 3.75. The number of ether oxygens (including phenoxy) is 1. The zero-order valence-corrected chi connectivity index (χ0v) is 16.7. The lowest BCUT2D eigenvalue weighted by atomic mass is 9.98. The summed E-state index contributed by atoms with van der Waals surface area (Å²) < 4.78 is 21.5. The number of hydrogen-bond donors (Lipinski definition) is 1. The molecule has 0 aliphatic carbocycles. The van der Waals surface area contributed by atoms with E-state index in [0.29, 0.717) is 33.7 Å². The third kappa shape index (κ3) is 3.83. The molecule has 4 aromatic rings. The van der Waals surface area contributed by atoms with Gasteiger partial charge in [-0.25, -0.2) is 13.9 Å². The van der Waals surface area contributed by atoms with Crippen molar-refractivity contribution in [2.24, 2.45) is 7.05 Å². The van der Waals surface area contributed by atoms with Crippen LogP contribution in [0.25, 0.3) is 27.9 Å². The molecule has 0 spiro atoms. The average molecular weight is 419 g/mol. The summed E-state index contributed by atoms with van der Waals surface area (Å²) >= 11 is 0. The van der Waals surface area contributed by atoms with Crippen molar-refractivity contribution in [3.05, 3.63) is 88.9 Å². The molecule has 31 heavy (non-hydrogen) atoms. The highest BCUT2D eigenvalue weighted by Crippen LogP contribution is 2.32. The molecule has 0 aliphatic heterocycles. The normalized spacial score (nSPS) is 10.8. The van der Waals surface area contributed by atoms with Gasteiger partial charge in [0.1, 0.15) is 11.6 Å². The number of aromatic carboxylic acids is 1. The fourth-order valence-corrected chi connectivity index (χ4v) is 3.33. The molecule has 7 nitrogen and oxygen atoms in total. The van der Waals surface area contributed by atoms with Crippen LogP contribution in [0.5, 0.6) is 5.75 Å². The second kappa shape index (κ2) is 7.91. The third-order valence-electron chi connectivity index (χ3n) is 4.96. The Hall–Kier alpha value is -4.20. The fraction of sp³-hybridized carbons (Fsp3) is 0.0870. The summed E-state index contributed by atoms with van der Waals surface area (Å²) in [7, 11) is 3.13. The summed E-state index contributed by atoms with van der Waals surface area (Å²) in [4.78, 5) is 23.9. The van der Waals surface area contributed by atoms with E-state index >= 15 is 0 Å². The third-order valence-corrected chi connectivity index (χ3v) is 4.96. The smallest absolute Gasteiger partial charge is 0.337 e. The minimum atomic E-state index is -1.09. The van der Waals surface area contributed by atoms with Crippen LogP contribution in [0, 0.1) is 5.82 Å². The molecule has 0 fully saturated rings. The number of pyridine rings is 1. The van der Waals surface area contributed by atoms with Crippen LogP contribution in [0.1, 0.15) is 10.4 Å². The zero-order chi connectivity index (χ0) is 22.1. The number of carboxylic acids is 1. The van der Waals surface area contributed by atoms with Crippen LogP contribution >= 0.6 is 0 Å². The Morgan fingerprint density at radius 2 is 1.77 bits per heavy atom. The summed E-state index contributed by atoms with van der Waals surface area (Å²) in [5.41, 5.74) is 2.84. The van der Waals surface area contributed by atoms with Gasteiger partial charge in [-0.05, 0) is 35.4 Å². The highest BCUT2D eigenvalue weighted by atomic mass is 19.1. The van der Waals surface area contributed by atoms with E-state index in [1.165, 1.54) is 40.6 Å². The van der Waals surface area contributed by atoms with Gasteiger partial charge in [0, 0.05) is 42.7 Å². The standard InChI is InChI=1S/C23H18FN3O4/c1-26-13-20(19(10-22(26)28)14-3-5-16(24)6-4-14)15-11-25-27(12-15)21-9-17(31-2)7-8-18(21)23(29)30/h3-13H,1-2H3,(H,29,30). The number of nitrogens with zero attached hydrogens (tertiary/aromatic N) is 3. The second-order valence-electron chi connectivity index (χ2n) is 6.92. The first-order valence-electron chi connectivity index (χ1n) is 9.31. The number of carbonyl (C=O) groups is 1. The number of aromatic nitrogens is 3. The summed E-state index contributed by atoms with van der Waals surface area (Å²) in [6.07, 6.45) is 4.93. The Morgan fingerprint density at radius 3 is 2.45 bits per heavy atom. The van der Waals surface area contributed by atoms with Crippen LogP contribution in [0.2, 0.25) is 0 Å². The van der Waals surface area contributed by atoms with Crippen LogP contribution in [0.4, 0.5) is 4.39 Å². The summed E-state index contributed by atoms with van der Waals surface area (Å²) in [6, 6.07) is 11.9. The highest BCUT2D eigenvalue weighted by molar-refractivity contribution is 5.92. The van der Waals surface area contributed by atoms with Crippen molar-refractivity contribution in [2.75, 3.05) is 7.11 Å². The molecule has 0 saturated heterocycles. The lowest BCUT2D eigenvalue weighted by Crippen LogP contribution is -2.15. The topological polar surface area (TPSA) is 86.4 Å². The van der Waals surface area contributed by atoms with Gasteiger partial charge in [0.05, 0.1) is 24.6 Å². The molecule has 0 unspecified atom stereocenters. The minimum absolute atomic E-state index is 0.0645. The van der Waals surface area contributed by atoms with Gasteiger partial charge >= 0.3 is 5.97 Å². The Labute approximate surface area is 176 Å². The molecule has 0 amide bonds. The second-order valence-corrected chi connectivity index (χ2v) is 6.92. The van der Waals surface area contributed by atoms with Gasteiger partial charge < -0.3 is 14.4 Å². The minimum Gasteiger partial charge on any atom is -0.497 e. The van der Waals surface area contributed by atoms with E-state index in [4.69, 9.17) is 4.74 Å². The summed E-state index contributed by atoms with van der Waals surface area (Å²) in [5.74, 6) is -0.976. The van der Waals surface area contributed by atoms with Crippen LogP contribution in [-0.4, -0.2) is 32.5 Å². The quantitative estimate of drug-likeness (QED) is 0.532. The number of aryl methyl sites for hydroxylation is 1. The monoisotopic (exact) mass is 419 g/mol. The molecule has 1 N–H and O–H groups in total. The number of rotatable bonds is 5. The first kappa shape index (κ1) is 20.1. The van der Waals surface area contributed by atoms with Gasteiger partial charge in [0.25, 0.3) is 5.56 Å². The molecule has 8 heteroatoms. The molecule has 4 rings (SSSR count). The average Bonchev–Trinajstić information content (AvgIpc) is 3.25. The number of carboxylic acid groups (broad SMARTS) is 1. The Balaban J connectivity index is 1.87. The maximum absolute atomic E-state index is 13.4. The van der Waals surface area contributed by atoms with Gasteiger partial charge in [-0.2, -0.15) is 5.10 Å². The lowest BCUT2D eigenvalue weighted by Gasteiger charge is -2.11. The van der Waals surface area contributed by atoms with Gasteiger partial charge in [-0.15, -0.1) is 0 Å². The van der Waals surface area contributed by atoms with Crippen LogP contribution in [0.15, 0.2) is 71.9 Å². The summed E-state index contributed by atoms with van der Waals surface area (Å²) in [6.45, 7) is 0. The Morgan fingerprint density at radius 1 is 1.03 bits per heavy atom. The van der Waals surface area contributed by atoms with E-state index in [-0.39, 0.29) is 16.9 Å². The molecule has 0 saturated carbocycles. The van der Waals surface area contributed by atoms with Gasteiger partial charge in [-0.3, -0.25) is 4.79 Å². The van der Waals surface area contributed by atoms with Gasteiger partial charge in [0.15, 0.2) is 0 Å². The number of benzene rings is 2. The van der Waals surface area contributed by atoms with Crippen LogP contribution < -0.4 is 10.3 Å². The van der Waals surface area contributed by atoms with Crippen molar-refractivity contribution in [3.63, 3.8) is 0 Å². The van der Waals surface area contributed by atoms with E-state index < -0.39 is 5.97 Å². The molecule has 2 aromatic heterocycles. The maximum Gasteiger partial charge on any atom is 0.337 e. The molecule has 0 radical (unpaired) electrons. The van der Waals surface area contributed by atoms with Crippen molar-refractivity contribution in [1.29, 1.82) is 0 Å². The fourth-order valence-electron chi connectivity index (χ4n) is 3.33. The lowest BCUT2D eigenvalue weighted by molar-refractivity contribution is 0.0696. The number of methoxy groups -OCH3 is 1. The molecule has 2 heterocycles. The van der Waals surface area contributed by atoms with Gasteiger partial charge in [-0.1, -0.05) is 12.1 Å². The predicted molar refractivity (Wildman–Crippen MR) is 113 cm³/mol. The van der Waals surface area contributed by atoms with E-state index in [1.54, 1.807) is 49.9 Å². The highest BCUT2D eigenvalue weighted by Gasteiger charge is 2.17. The maximum atomic E-state index is 13.4. The van der Waals surface area contributed by atoms with Crippen molar-refractivity contribution in [2.45, 2.75) is 0 Å². The number of halogens is 1. The van der Waals surface area contributed by atoms with E-state index in [2.05, 4.69) is 5.10 Å². The molecule has 0 atom stereocenters. The molecule has 0 bridgehead atoms. The number of hydrogen-bond acceptors (Lipinski definition) is 4. The van der Waals surface area contributed by atoms with Crippen molar-refractivity contribution < 1.29 is 19.0 Å². The SMILES string of the molecule is COc1ccc(C(=O)O)c(-n2cc(-c3cn(C)c(=O)cc3-c3ccc(F)cc3)cn2)c1. The van der Waals surface area contributed by atoms with Crippen LogP contribution in [0.3, 0.4) is 0 Å².